The van der Waals surface area contributed by atoms with Crippen molar-refractivity contribution in [2.45, 2.75) is 26.7 Å². The number of amides is 2. The molecule has 0 atom stereocenters. The van der Waals surface area contributed by atoms with Gasteiger partial charge in [0.25, 0.3) is 11.8 Å². The van der Waals surface area contributed by atoms with Crippen LogP contribution in [0.2, 0.25) is 0 Å². The van der Waals surface area contributed by atoms with E-state index in [9.17, 15) is 14.4 Å². The Morgan fingerprint density at radius 1 is 0.800 bits per heavy atom. The number of nitrogens with one attached hydrogen (secondary N) is 2. The lowest BCUT2D eigenvalue weighted by Gasteiger charge is -2.10. The molecule has 0 aromatic heterocycles. The first kappa shape index (κ1) is 29.7. The highest BCUT2D eigenvalue weighted by atomic mass is 16.6. The standard InChI is InChI=1S/C30H33N3O7/c1-4-16-38-24-11-7-22(8-12-24)29(35)31-20-28(34)33-32-19-21-6-15-26(27(18-21)37-3)40-30(36)23-9-13-25(14-10-23)39-17-5-2/h6-15,18-19H,4-5,16-17,20H2,1-3H3,(H,31,35)(H,33,34)/b32-19-. The van der Waals surface area contributed by atoms with Crippen molar-refractivity contribution in [2.24, 2.45) is 5.10 Å². The van der Waals surface area contributed by atoms with Crippen LogP contribution in [0.25, 0.3) is 0 Å². The summed E-state index contributed by atoms with van der Waals surface area (Å²) in [5, 5.41) is 6.45. The molecule has 10 heteroatoms. The molecular weight excluding hydrogens is 514 g/mol. The van der Waals surface area contributed by atoms with E-state index >= 15 is 0 Å². The van der Waals surface area contributed by atoms with Crippen LogP contribution < -0.4 is 29.7 Å². The lowest BCUT2D eigenvalue weighted by Crippen LogP contribution is -2.34. The Labute approximate surface area is 233 Å². The Hall–Kier alpha value is -4.86. The second kappa shape index (κ2) is 15.5. The van der Waals surface area contributed by atoms with Crippen molar-refractivity contribution in [3.05, 3.63) is 83.4 Å². The lowest BCUT2D eigenvalue weighted by atomic mass is 10.2. The second-order valence-corrected chi connectivity index (χ2v) is 8.52. The molecule has 210 valence electrons. The Kier molecular flexibility index (Phi) is 11.5. The lowest BCUT2D eigenvalue weighted by molar-refractivity contribution is -0.120. The zero-order chi connectivity index (χ0) is 28.7. The van der Waals surface area contributed by atoms with Crippen molar-refractivity contribution in [1.29, 1.82) is 0 Å². The third kappa shape index (κ3) is 9.16. The first-order chi connectivity index (χ1) is 19.4. The number of hydrogen-bond acceptors (Lipinski definition) is 8. The van der Waals surface area contributed by atoms with Crippen molar-refractivity contribution >= 4 is 24.0 Å². The summed E-state index contributed by atoms with van der Waals surface area (Å²) >= 11 is 0. The minimum absolute atomic E-state index is 0.229. The van der Waals surface area contributed by atoms with Gasteiger partial charge in [-0.1, -0.05) is 13.8 Å². The number of hydrogen-bond donors (Lipinski definition) is 2. The molecule has 0 bridgehead atoms. The summed E-state index contributed by atoms with van der Waals surface area (Å²) in [6.07, 6.45) is 3.18. The van der Waals surface area contributed by atoms with Crippen LogP contribution in [0.5, 0.6) is 23.0 Å². The maximum atomic E-state index is 12.6. The Morgan fingerprint density at radius 3 is 1.98 bits per heavy atom. The number of rotatable bonds is 14. The van der Waals surface area contributed by atoms with E-state index < -0.39 is 17.8 Å². The number of carbonyl (C=O) groups is 3. The van der Waals surface area contributed by atoms with Crippen molar-refractivity contribution in [3.63, 3.8) is 0 Å². The fourth-order valence-electron chi connectivity index (χ4n) is 3.32. The summed E-state index contributed by atoms with van der Waals surface area (Å²) in [7, 11) is 1.45. The quantitative estimate of drug-likeness (QED) is 0.133. The van der Waals surface area contributed by atoms with Crippen LogP contribution in [0.3, 0.4) is 0 Å². The van der Waals surface area contributed by atoms with E-state index in [2.05, 4.69) is 15.8 Å². The predicted molar refractivity (Wildman–Crippen MR) is 150 cm³/mol. The normalized spacial score (nSPS) is 10.6. The summed E-state index contributed by atoms with van der Waals surface area (Å²) in [4.78, 5) is 36.9. The van der Waals surface area contributed by atoms with Gasteiger partial charge in [-0.05, 0) is 85.1 Å². The molecule has 3 rings (SSSR count). The molecule has 0 saturated heterocycles. The SMILES string of the molecule is CCCOc1ccc(C(=O)NCC(=O)N/N=C\c2ccc(OC(=O)c3ccc(OCCC)cc3)c(OC)c2)cc1. The van der Waals surface area contributed by atoms with E-state index in [1.165, 1.54) is 13.3 Å². The number of ether oxygens (including phenoxy) is 4. The van der Waals surface area contributed by atoms with Gasteiger partial charge >= 0.3 is 5.97 Å². The van der Waals surface area contributed by atoms with Gasteiger partial charge in [-0.3, -0.25) is 9.59 Å². The first-order valence-corrected chi connectivity index (χ1v) is 12.9. The highest BCUT2D eigenvalue weighted by Gasteiger charge is 2.13. The van der Waals surface area contributed by atoms with Crippen LogP contribution in [0, 0.1) is 0 Å². The topological polar surface area (TPSA) is 125 Å². The molecule has 2 N–H and O–H groups in total. The van der Waals surface area contributed by atoms with Gasteiger partial charge in [0.1, 0.15) is 11.5 Å². The summed E-state index contributed by atoms with van der Waals surface area (Å²) in [5.74, 6) is 0.454. The third-order valence-electron chi connectivity index (χ3n) is 5.35. The number of carbonyl (C=O) groups excluding carboxylic acids is 3. The van der Waals surface area contributed by atoms with Gasteiger partial charge in [-0.15, -0.1) is 0 Å². The Bertz CT molecular complexity index is 1310. The molecule has 0 saturated carbocycles. The molecule has 40 heavy (non-hydrogen) atoms. The highest BCUT2D eigenvalue weighted by Crippen LogP contribution is 2.28. The fraction of sp³-hybridized carbons (Fsp3) is 0.267. The maximum Gasteiger partial charge on any atom is 0.343 e. The van der Waals surface area contributed by atoms with Crippen molar-refractivity contribution < 1.29 is 33.3 Å². The third-order valence-corrected chi connectivity index (χ3v) is 5.35. The van der Waals surface area contributed by atoms with E-state index in [0.29, 0.717) is 47.2 Å². The number of methoxy groups -OCH3 is 1. The maximum absolute atomic E-state index is 12.6. The molecule has 0 aliphatic carbocycles. The fourth-order valence-corrected chi connectivity index (χ4v) is 3.32. The van der Waals surface area contributed by atoms with Crippen molar-refractivity contribution in [1.82, 2.24) is 10.7 Å². The minimum Gasteiger partial charge on any atom is -0.494 e. The van der Waals surface area contributed by atoms with E-state index in [4.69, 9.17) is 18.9 Å². The van der Waals surface area contributed by atoms with Crippen molar-refractivity contribution in [2.75, 3.05) is 26.9 Å². The smallest absolute Gasteiger partial charge is 0.343 e. The molecule has 0 radical (unpaired) electrons. The summed E-state index contributed by atoms with van der Waals surface area (Å²) in [5.41, 5.74) is 3.71. The molecule has 3 aromatic rings. The molecule has 0 spiro atoms. The van der Waals surface area contributed by atoms with E-state index in [-0.39, 0.29) is 12.3 Å². The average Bonchev–Trinajstić information content (AvgIpc) is 2.98. The van der Waals surface area contributed by atoms with Crippen LogP contribution in [-0.4, -0.2) is 50.9 Å². The molecule has 0 unspecified atom stereocenters. The molecule has 0 fully saturated rings. The first-order valence-electron chi connectivity index (χ1n) is 12.9. The van der Waals surface area contributed by atoms with Gasteiger partial charge < -0.3 is 24.3 Å². The van der Waals surface area contributed by atoms with E-state index in [1.54, 1.807) is 66.7 Å². The van der Waals surface area contributed by atoms with Crippen LogP contribution in [0.4, 0.5) is 0 Å². The van der Waals surface area contributed by atoms with Gasteiger partial charge in [-0.25, -0.2) is 10.2 Å². The highest BCUT2D eigenvalue weighted by molar-refractivity contribution is 5.96. The molecular formula is C30H33N3O7. The van der Waals surface area contributed by atoms with E-state index in [1.807, 2.05) is 13.8 Å². The molecule has 0 aliphatic heterocycles. The Morgan fingerprint density at radius 2 is 1.40 bits per heavy atom. The van der Waals surface area contributed by atoms with Gasteiger partial charge in [0, 0.05) is 5.56 Å². The van der Waals surface area contributed by atoms with Gasteiger partial charge in [0.2, 0.25) is 0 Å². The van der Waals surface area contributed by atoms with Crippen molar-refractivity contribution in [3.8, 4) is 23.0 Å². The number of esters is 1. The monoisotopic (exact) mass is 547 g/mol. The van der Waals surface area contributed by atoms with Gasteiger partial charge in [0.15, 0.2) is 11.5 Å². The molecule has 3 aromatic carbocycles. The number of nitrogens with zero attached hydrogens (tertiary/aromatic N) is 1. The summed E-state index contributed by atoms with van der Waals surface area (Å²) in [6, 6.07) is 18.2. The molecule has 0 heterocycles. The van der Waals surface area contributed by atoms with E-state index in [0.717, 1.165) is 12.8 Å². The zero-order valence-electron chi connectivity index (χ0n) is 22.8. The van der Waals surface area contributed by atoms with Crippen LogP contribution in [0.15, 0.2) is 71.8 Å². The molecule has 10 nitrogen and oxygen atoms in total. The van der Waals surface area contributed by atoms with Crippen LogP contribution in [-0.2, 0) is 4.79 Å². The molecule has 0 aliphatic rings. The van der Waals surface area contributed by atoms with Crippen LogP contribution >= 0.6 is 0 Å². The minimum atomic E-state index is -0.545. The number of hydrazone groups is 1. The Balaban J connectivity index is 1.49. The molecule has 2 amide bonds. The number of benzene rings is 3. The summed E-state index contributed by atoms with van der Waals surface area (Å²) in [6.45, 7) is 4.97. The largest absolute Gasteiger partial charge is 0.494 e. The average molecular weight is 548 g/mol. The van der Waals surface area contributed by atoms with Gasteiger partial charge in [-0.2, -0.15) is 5.10 Å². The zero-order valence-corrected chi connectivity index (χ0v) is 22.8. The summed E-state index contributed by atoms with van der Waals surface area (Å²) < 4.78 is 21.9. The second-order valence-electron chi connectivity index (χ2n) is 8.52. The van der Waals surface area contributed by atoms with Gasteiger partial charge in [0.05, 0.1) is 38.6 Å². The van der Waals surface area contributed by atoms with Crippen LogP contribution in [0.1, 0.15) is 53.0 Å². The predicted octanol–water partition coefficient (Wildman–Crippen LogP) is 4.37.